The summed E-state index contributed by atoms with van der Waals surface area (Å²) in [6.45, 7) is 4.01. The van der Waals surface area contributed by atoms with Crippen molar-refractivity contribution in [3.05, 3.63) is 22.4 Å². The van der Waals surface area contributed by atoms with Gasteiger partial charge in [0.15, 0.2) is 5.78 Å². The van der Waals surface area contributed by atoms with E-state index in [1.54, 1.807) is 11.0 Å². The normalized spacial score (nSPS) is 16.4. The van der Waals surface area contributed by atoms with Gasteiger partial charge in [0.05, 0.1) is 17.5 Å². The number of hydrogen-bond acceptors (Lipinski definition) is 4. The van der Waals surface area contributed by atoms with Crippen LogP contribution >= 0.6 is 11.3 Å². The molecule has 0 aromatic carbocycles. The average Bonchev–Trinajstić information content (AvgIpc) is 3.07. The molecule has 1 aromatic rings. The Morgan fingerprint density at radius 3 is 2.63 bits per heavy atom. The SMILES string of the molecule is CC(C)C(N)C(=O)N(CC(=O)c1cccs1)C1CC1. The first-order valence-corrected chi connectivity index (χ1v) is 7.51. The number of ketones is 1. The van der Waals surface area contributed by atoms with E-state index in [-0.39, 0.29) is 30.2 Å². The Morgan fingerprint density at radius 1 is 1.47 bits per heavy atom. The van der Waals surface area contributed by atoms with Crippen LogP contribution in [0.1, 0.15) is 36.4 Å². The van der Waals surface area contributed by atoms with Gasteiger partial charge in [0.2, 0.25) is 5.91 Å². The van der Waals surface area contributed by atoms with E-state index in [0.717, 1.165) is 12.8 Å². The molecule has 1 amide bonds. The zero-order chi connectivity index (χ0) is 14.0. The van der Waals surface area contributed by atoms with E-state index in [2.05, 4.69) is 0 Å². The van der Waals surface area contributed by atoms with Crippen LogP contribution in [-0.2, 0) is 4.79 Å². The molecule has 2 rings (SSSR count). The lowest BCUT2D eigenvalue weighted by atomic mass is 10.0. The molecule has 0 radical (unpaired) electrons. The number of nitrogens with two attached hydrogens (primary N) is 1. The molecule has 5 heteroatoms. The van der Waals surface area contributed by atoms with Crippen LogP contribution in [0.25, 0.3) is 0 Å². The van der Waals surface area contributed by atoms with Crippen LogP contribution < -0.4 is 5.73 Å². The van der Waals surface area contributed by atoms with Crippen molar-refractivity contribution in [3.8, 4) is 0 Å². The summed E-state index contributed by atoms with van der Waals surface area (Å²) in [6, 6.07) is 3.34. The Balaban J connectivity index is 2.04. The highest BCUT2D eigenvalue weighted by molar-refractivity contribution is 7.12. The first-order chi connectivity index (χ1) is 9.00. The van der Waals surface area contributed by atoms with Crippen molar-refractivity contribution < 1.29 is 9.59 Å². The molecule has 0 bridgehead atoms. The number of hydrogen-bond donors (Lipinski definition) is 1. The van der Waals surface area contributed by atoms with E-state index in [0.29, 0.717) is 4.88 Å². The van der Waals surface area contributed by atoms with Crippen LogP contribution in [0.2, 0.25) is 0 Å². The molecule has 1 aliphatic carbocycles. The molecule has 2 N–H and O–H groups in total. The van der Waals surface area contributed by atoms with Crippen LogP contribution in [0.5, 0.6) is 0 Å². The van der Waals surface area contributed by atoms with Gasteiger partial charge in [-0.1, -0.05) is 19.9 Å². The largest absolute Gasteiger partial charge is 0.331 e. The van der Waals surface area contributed by atoms with Gasteiger partial charge >= 0.3 is 0 Å². The fourth-order valence-electron chi connectivity index (χ4n) is 1.92. The molecule has 1 saturated carbocycles. The van der Waals surface area contributed by atoms with Crippen LogP contribution in [-0.4, -0.2) is 35.2 Å². The standard InChI is InChI=1S/C14H20N2O2S/c1-9(2)13(15)14(18)16(10-5-6-10)8-11(17)12-4-3-7-19-12/h3-4,7,9-10,13H,5-6,8,15H2,1-2H3. The number of rotatable bonds is 6. The van der Waals surface area contributed by atoms with Crippen molar-refractivity contribution in [2.75, 3.05) is 6.54 Å². The highest BCUT2D eigenvalue weighted by atomic mass is 32.1. The van der Waals surface area contributed by atoms with Crippen molar-refractivity contribution in [3.63, 3.8) is 0 Å². The molecule has 4 nitrogen and oxygen atoms in total. The predicted octanol–water partition coefficient (Wildman–Crippen LogP) is 1.91. The molecule has 0 spiro atoms. The first-order valence-electron chi connectivity index (χ1n) is 6.63. The topological polar surface area (TPSA) is 63.4 Å². The van der Waals surface area contributed by atoms with E-state index < -0.39 is 6.04 Å². The summed E-state index contributed by atoms with van der Waals surface area (Å²) in [6.07, 6.45) is 1.96. The summed E-state index contributed by atoms with van der Waals surface area (Å²) < 4.78 is 0. The van der Waals surface area contributed by atoms with Gasteiger partial charge in [0, 0.05) is 6.04 Å². The highest BCUT2D eigenvalue weighted by Gasteiger charge is 2.36. The van der Waals surface area contributed by atoms with E-state index >= 15 is 0 Å². The van der Waals surface area contributed by atoms with Gasteiger partial charge in [0.1, 0.15) is 0 Å². The molecular formula is C14H20N2O2S. The first kappa shape index (κ1) is 14.2. The van der Waals surface area contributed by atoms with Gasteiger partial charge in [-0.05, 0) is 30.2 Å². The van der Waals surface area contributed by atoms with Gasteiger partial charge in [-0.3, -0.25) is 9.59 Å². The molecule has 1 aliphatic rings. The van der Waals surface area contributed by atoms with E-state index in [9.17, 15) is 9.59 Å². The van der Waals surface area contributed by atoms with Gasteiger partial charge in [-0.15, -0.1) is 11.3 Å². The summed E-state index contributed by atoms with van der Waals surface area (Å²) in [5.74, 6) is -0.000739. The maximum absolute atomic E-state index is 12.3. The summed E-state index contributed by atoms with van der Waals surface area (Å²) in [4.78, 5) is 26.8. The zero-order valence-corrected chi connectivity index (χ0v) is 12.2. The Morgan fingerprint density at radius 2 is 2.16 bits per heavy atom. The summed E-state index contributed by atoms with van der Waals surface area (Å²) >= 11 is 1.41. The Bertz CT molecular complexity index is 452. The average molecular weight is 280 g/mol. The van der Waals surface area contributed by atoms with Crippen LogP contribution in [0.15, 0.2) is 17.5 Å². The lowest BCUT2D eigenvalue weighted by Crippen LogP contribution is -2.49. The molecule has 0 aliphatic heterocycles. The van der Waals surface area contributed by atoms with Gasteiger partial charge in [0.25, 0.3) is 0 Å². The lowest BCUT2D eigenvalue weighted by Gasteiger charge is -2.26. The van der Waals surface area contributed by atoms with E-state index in [1.165, 1.54) is 11.3 Å². The maximum Gasteiger partial charge on any atom is 0.240 e. The molecule has 1 atom stereocenters. The van der Waals surface area contributed by atoms with Crippen molar-refractivity contribution in [2.45, 2.75) is 38.8 Å². The smallest absolute Gasteiger partial charge is 0.240 e. The van der Waals surface area contributed by atoms with Crippen molar-refractivity contribution in [2.24, 2.45) is 11.7 Å². The molecule has 104 valence electrons. The summed E-state index contributed by atoms with van der Waals surface area (Å²) in [5, 5.41) is 1.87. The third kappa shape index (κ3) is 3.42. The van der Waals surface area contributed by atoms with E-state index in [4.69, 9.17) is 5.73 Å². The Hall–Kier alpha value is -1.20. The fourth-order valence-corrected chi connectivity index (χ4v) is 2.58. The Labute approximate surface area is 117 Å². The molecule has 0 saturated heterocycles. The predicted molar refractivity (Wildman–Crippen MR) is 76.2 cm³/mol. The third-order valence-corrected chi connectivity index (χ3v) is 4.29. The Kier molecular flexibility index (Phi) is 4.37. The molecule has 19 heavy (non-hydrogen) atoms. The number of carbonyl (C=O) groups excluding carboxylic acids is 2. The second kappa shape index (κ2) is 5.84. The molecular weight excluding hydrogens is 260 g/mol. The molecule has 1 fully saturated rings. The summed E-state index contributed by atoms with van der Waals surface area (Å²) in [5.41, 5.74) is 5.92. The fraction of sp³-hybridized carbons (Fsp3) is 0.571. The lowest BCUT2D eigenvalue weighted by molar-refractivity contribution is -0.133. The monoisotopic (exact) mass is 280 g/mol. The van der Waals surface area contributed by atoms with Gasteiger partial charge in [-0.2, -0.15) is 0 Å². The minimum atomic E-state index is -0.517. The van der Waals surface area contributed by atoms with E-state index in [1.807, 2.05) is 25.3 Å². The quantitative estimate of drug-likeness (QED) is 0.810. The molecule has 1 unspecified atom stereocenters. The minimum Gasteiger partial charge on any atom is -0.331 e. The maximum atomic E-state index is 12.3. The van der Waals surface area contributed by atoms with Gasteiger partial charge in [-0.25, -0.2) is 0 Å². The second-order valence-corrected chi connectivity index (χ2v) is 6.32. The third-order valence-electron chi connectivity index (χ3n) is 3.38. The van der Waals surface area contributed by atoms with Crippen LogP contribution in [0.4, 0.5) is 0 Å². The number of amides is 1. The van der Waals surface area contributed by atoms with Crippen molar-refractivity contribution in [1.29, 1.82) is 0 Å². The highest BCUT2D eigenvalue weighted by Crippen LogP contribution is 2.28. The van der Waals surface area contributed by atoms with Gasteiger partial charge < -0.3 is 10.6 Å². The second-order valence-electron chi connectivity index (χ2n) is 5.37. The number of Topliss-reactive ketones (excluding diaryl/α,β-unsaturated/α-hetero) is 1. The molecule has 1 aromatic heterocycles. The number of carbonyl (C=O) groups is 2. The van der Waals surface area contributed by atoms with Crippen LogP contribution in [0, 0.1) is 5.92 Å². The molecule has 1 heterocycles. The zero-order valence-electron chi connectivity index (χ0n) is 11.3. The number of thiophene rings is 1. The minimum absolute atomic E-state index is 0.00575. The van der Waals surface area contributed by atoms with Crippen molar-refractivity contribution in [1.82, 2.24) is 4.90 Å². The summed E-state index contributed by atoms with van der Waals surface area (Å²) in [7, 11) is 0. The number of nitrogens with zero attached hydrogens (tertiary/aromatic N) is 1. The van der Waals surface area contributed by atoms with Crippen molar-refractivity contribution >= 4 is 23.0 Å². The van der Waals surface area contributed by atoms with Crippen LogP contribution in [0.3, 0.4) is 0 Å².